The molecule has 1 fully saturated rings. The summed E-state index contributed by atoms with van der Waals surface area (Å²) in [5, 5.41) is 6.28. The van der Waals surface area contributed by atoms with E-state index >= 15 is 0 Å². The van der Waals surface area contributed by atoms with Crippen molar-refractivity contribution >= 4 is 5.91 Å². The summed E-state index contributed by atoms with van der Waals surface area (Å²) in [4.78, 5) is 10.7. The quantitative estimate of drug-likeness (QED) is 0.724. The third-order valence-electron chi connectivity index (χ3n) is 3.35. The van der Waals surface area contributed by atoms with Gasteiger partial charge >= 0.3 is 0 Å². The van der Waals surface area contributed by atoms with Crippen LogP contribution in [0, 0.1) is 0 Å². The van der Waals surface area contributed by atoms with Gasteiger partial charge in [0.15, 0.2) is 0 Å². The summed E-state index contributed by atoms with van der Waals surface area (Å²) < 4.78 is 5.61. The van der Waals surface area contributed by atoms with Crippen LogP contribution in [-0.2, 0) is 16.0 Å². The molecule has 1 aliphatic rings. The SMILES string of the molecule is CC(=O)NCCCNC1COC1Cc1ccccc1. The molecule has 0 radical (unpaired) electrons. The van der Waals surface area contributed by atoms with E-state index in [4.69, 9.17) is 4.74 Å². The van der Waals surface area contributed by atoms with Crippen molar-refractivity contribution < 1.29 is 9.53 Å². The van der Waals surface area contributed by atoms with Crippen molar-refractivity contribution in [1.82, 2.24) is 10.6 Å². The Morgan fingerprint density at radius 1 is 1.32 bits per heavy atom. The fraction of sp³-hybridized carbons (Fsp3) is 0.533. The fourth-order valence-electron chi connectivity index (χ4n) is 2.21. The van der Waals surface area contributed by atoms with E-state index in [1.807, 2.05) is 6.07 Å². The molecule has 4 nitrogen and oxygen atoms in total. The van der Waals surface area contributed by atoms with E-state index in [1.54, 1.807) is 6.92 Å². The van der Waals surface area contributed by atoms with Crippen molar-refractivity contribution in [3.63, 3.8) is 0 Å². The van der Waals surface area contributed by atoms with Gasteiger partial charge in [0.05, 0.1) is 18.8 Å². The van der Waals surface area contributed by atoms with Gasteiger partial charge in [0.1, 0.15) is 0 Å². The van der Waals surface area contributed by atoms with Crippen LogP contribution in [0.1, 0.15) is 18.9 Å². The fourth-order valence-corrected chi connectivity index (χ4v) is 2.21. The van der Waals surface area contributed by atoms with Crippen LogP contribution in [0.25, 0.3) is 0 Å². The molecule has 2 atom stereocenters. The molecule has 2 N–H and O–H groups in total. The molecule has 2 rings (SSSR count). The van der Waals surface area contributed by atoms with Gasteiger partial charge in [0.2, 0.25) is 5.91 Å². The molecular weight excluding hydrogens is 240 g/mol. The summed E-state index contributed by atoms with van der Waals surface area (Å²) in [5.41, 5.74) is 1.32. The van der Waals surface area contributed by atoms with Gasteiger partial charge in [-0.05, 0) is 18.5 Å². The van der Waals surface area contributed by atoms with Gasteiger partial charge in [-0.2, -0.15) is 0 Å². The normalized spacial score (nSPS) is 21.7. The lowest BCUT2D eigenvalue weighted by molar-refractivity contribution is -0.118. The number of carbonyl (C=O) groups excluding carboxylic acids is 1. The van der Waals surface area contributed by atoms with Crippen LogP contribution in [0.2, 0.25) is 0 Å². The average Bonchev–Trinajstić information content (AvgIpc) is 2.39. The Hall–Kier alpha value is -1.39. The Morgan fingerprint density at radius 3 is 2.74 bits per heavy atom. The molecular formula is C15H22N2O2. The molecule has 0 aliphatic carbocycles. The lowest BCUT2D eigenvalue weighted by atomic mass is 9.98. The molecule has 0 spiro atoms. The van der Waals surface area contributed by atoms with Gasteiger partial charge in [0, 0.05) is 19.9 Å². The van der Waals surface area contributed by atoms with Crippen LogP contribution in [0.15, 0.2) is 30.3 Å². The molecule has 1 aromatic rings. The van der Waals surface area contributed by atoms with Gasteiger partial charge < -0.3 is 15.4 Å². The first kappa shape index (κ1) is 14.0. The number of carbonyl (C=O) groups is 1. The zero-order chi connectivity index (χ0) is 13.5. The van der Waals surface area contributed by atoms with Crippen LogP contribution in [0.3, 0.4) is 0 Å². The van der Waals surface area contributed by atoms with Crippen molar-refractivity contribution in [3.8, 4) is 0 Å². The second kappa shape index (κ2) is 7.26. The molecule has 0 aromatic heterocycles. The molecule has 0 bridgehead atoms. The highest BCUT2D eigenvalue weighted by molar-refractivity contribution is 5.72. The highest BCUT2D eigenvalue weighted by Gasteiger charge is 2.31. The van der Waals surface area contributed by atoms with Crippen molar-refractivity contribution in [2.75, 3.05) is 19.7 Å². The zero-order valence-corrected chi connectivity index (χ0v) is 11.4. The molecule has 2 unspecified atom stereocenters. The molecule has 1 saturated heterocycles. The topological polar surface area (TPSA) is 50.4 Å². The van der Waals surface area contributed by atoms with Gasteiger partial charge in [0.25, 0.3) is 0 Å². The summed E-state index contributed by atoms with van der Waals surface area (Å²) in [7, 11) is 0. The minimum Gasteiger partial charge on any atom is -0.374 e. The number of hydrogen-bond acceptors (Lipinski definition) is 3. The van der Waals surface area contributed by atoms with Crippen LogP contribution in [0.5, 0.6) is 0 Å². The number of nitrogens with one attached hydrogen (secondary N) is 2. The lowest BCUT2D eigenvalue weighted by Crippen LogP contribution is -2.55. The largest absolute Gasteiger partial charge is 0.374 e. The predicted octanol–water partition coefficient (Wildman–Crippen LogP) is 1.11. The van der Waals surface area contributed by atoms with Crippen LogP contribution in [-0.4, -0.2) is 37.7 Å². The molecule has 104 valence electrons. The molecule has 19 heavy (non-hydrogen) atoms. The molecule has 1 aromatic carbocycles. The number of ether oxygens (including phenoxy) is 1. The first-order valence-corrected chi connectivity index (χ1v) is 6.89. The van der Waals surface area contributed by atoms with Crippen LogP contribution < -0.4 is 10.6 Å². The molecule has 0 saturated carbocycles. The first-order chi connectivity index (χ1) is 9.25. The maximum absolute atomic E-state index is 10.7. The Bertz CT molecular complexity index is 394. The van der Waals surface area contributed by atoms with Crippen molar-refractivity contribution in [2.45, 2.75) is 31.9 Å². The van der Waals surface area contributed by atoms with E-state index in [-0.39, 0.29) is 12.0 Å². The van der Waals surface area contributed by atoms with Crippen LogP contribution >= 0.6 is 0 Å². The summed E-state index contributed by atoms with van der Waals surface area (Å²) in [6.07, 6.45) is 2.20. The Morgan fingerprint density at radius 2 is 2.11 bits per heavy atom. The maximum atomic E-state index is 10.7. The third-order valence-corrected chi connectivity index (χ3v) is 3.35. The molecule has 4 heteroatoms. The highest BCUT2D eigenvalue weighted by atomic mass is 16.5. The van der Waals surface area contributed by atoms with E-state index in [0.29, 0.717) is 6.04 Å². The summed E-state index contributed by atoms with van der Waals surface area (Å²) in [5.74, 6) is 0.0360. The molecule has 1 amide bonds. The Kier molecular flexibility index (Phi) is 5.36. The van der Waals surface area contributed by atoms with Gasteiger partial charge in [-0.15, -0.1) is 0 Å². The first-order valence-electron chi connectivity index (χ1n) is 6.89. The predicted molar refractivity (Wildman–Crippen MR) is 75.0 cm³/mol. The van der Waals surface area contributed by atoms with E-state index in [0.717, 1.165) is 32.5 Å². The molecule has 1 aliphatic heterocycles. The van der Waals surface area contributed by atoms with E-state index in [9.17, 15) is 4.79 Å². The van der Waals surface area contributed by atoms with Crippen molar-refractivity contribution in [3.05, 3.63) is 35.9 Å². The summed E-state index contributed by atoms with van der Waals surface area (Å²) >= 11 is 0. The number of benzene rings is 1. The summed E-state index contributed by atoms with van der Waals surface area (Å²) in [6.45, 7) is 3.99. The maximum Gasteiger partial charge on any atom is 0.216 e. The minimum absolute atomic E-state index is 0.0360. The van der Waals surface area contributed by atoms with E-state index in [1.165, 1.54) is 5.56 Å². The van der Waals surface area contributed by atoms with Crippen molar-refractivity contribution in [1.29, 1.82) is 0 Å². The third kappa shape index (κ3) is 4.65. The molecule has 1 heterocycles. The average molecular weight is 262 g/mol. The Labute approximate surface area is 114 Å². The zero-order valence-electron chi connectivity index (χ0n) is 11.4. The number of amides is 1. The highest BCUT2D eigenvalue weighted by Crippen LogP contribution is 2.17. The standard InChI is InChI=1S/C15H22N2O2/c1-12(18)16-8-5-9-17-14-11-19-15(14)10-13-6-3-2-4-7-13/h2-4,6-7,14-15,17H,5,8-11H2,1H3,(H,16,18). The van der Waals surface area contributed by atoms with Gasteiger partial charge in [-0.1, -0.05) is 30.3 Å². The summed E-state index contributed by atoms with van der Waals surface area (Å²) in [6, 6.07) is 10.9. The minimum atomic E-state index is 0.0360. The lowest BCUT2D eigenvalue weighted by Gasteiger charge is -2.37. The monoisotopic (exact) mass is 262 g/mol. The number of hydrogen-bond donors (Lipinski definition) is 2. The number of rotatable bonds is 7. The van der Waals surface area contributed by atoms with Crippen LogP contribution in [0.4, 0.5) is 0 Å². The van der Waals surface area contributed by atoms with Gasteiger partial charge in [-0.25, -0.2) is 0 Å². The van der Waals surface area contributed by atoms with E-state index < -0.39 is 0 Å². The van der Waals surface area contributed by atoms with E-state index in [2.05, 4.69) is 34.9 Å². The van der Waals surface area contributed by atoms with Gasteiger partial charge in [-0.3, -0.25) is 4.79 Å². The second-order valence-electron chi connectivity index (χ2n) is 4.96. The second-order valence-corrected chi connectivity index (χ2v) is 4.96. The smallest absolute Gasteiger partial charge is 0.216 e. The Balaban J connectivity index is 1.61. The van der Waals surface area contributed by atoms with Crippen molar-refractivity contribution in [2.24, 2.45) is 0 Å².